The van der Waals surface area contributed by atoms with E-state index in [9.17, 15) is 28.0 Å². The summed E-state index contributed by atoms with van der Waals surface area (Å²) in [7, 11) is -3.48. The predicted octanol–water partition coefficient (Wildman–Crippen LogP) is 1.58. The van der Waals surface area contributed by atoms with Gasteiger partial charge in [0.05, 0.1) is 11.5 Å². The molecule has 32 heavy (non-hydrogen) atoms. The van der Waals surface area contributed by atoms with Crippen LogP contribution in [0, 0.1) is 0 Å². The predicted molar refractivity (Wildman–Crippen MR) is 113 cm³/mol. The van der Waals surface area contributed by atoms with Gasteiger partial charge < -0.3 is 9.47 Å². The average Bonchev–Trinajstić information content (AvgIpc) is 2.91. The molecule has 1 heterocycles. The molecule has 12 heteroatoms. The van der Waals surface area contributed by atoms with E-state index < -0.39 is 45.5 Å². The number of benzene rings is 1. The number of hydrogen-bond acceptors (Lipinski definition) is 9. The largest absolute Gasteiger partial charge is 0.465 e. The zero-order valence-electron chi connectivity index (χ0n) is 18.8. The Hall–Kier alpha value is -2.99. The summed E-state index contributed by atoms with van der Waals surface area (Å²) < 4.78 is 33.5. The Kier molecular flexibility index (Phi) is 7.00. The monoisotopic (exact) mass is 469 g/mol. The lowest BCUT2D eigenvalue weighted by molar-refractivity contribution is -0.165. The summed E-state index contributed by atoms with van der Waals surface area (Å²) in [5.41, 5.74) is -2.85. The van der Waals surface area contributed by atoms with E-state index in [1.807, 2.05) is 0 Å². The summed E-state index contributed by atoms with van der Waals surface area (Å²) in [6, 6.07) is 5.39. The molecule has 0 spiro atoms. The van der Waals surface area contributed by atoms with Crippen molar-refractivity contribution >= 4 is 33.5 Å². The highest BCUT2D eigenvalue weighted by Gasteiger charge is 2.55. The number of rotatable bonds is 6. The number of hydrazone groups is 1. The standard InChI is InChI=1S/C20H27N3O8S/c1-7-30-15(24)12-22-17(25)20(5,23(27)18(26)31-19(2,3)4)16(21-22)13-8-10-14(11-9-13)32(6,28)29/h8-11,27H,7,12H2,1-6H3. The average molecular weight is 470 g/mol. The van der Waals surface area contributed by atoms with E-state index >= 15 is 0 Å². The van der Waals surface area contributed by atoms with Crippen molar-refractivity contribution in [3.05, 3.63) is 29.8 Å². The van der Waals surface area contributed by atoms with Crippen LogP contribution >= 0.6 is 0 Å². The molecule has 2 amide bonds. The van der Waals surface area contributed by atoms with E-state index in [1.54, 1.807) is 27.7 Å². The minimum absolute atomic E-state index is 0.0317. The molecule has 0 saturated heterocycles. The molecule has 0 radical (unpaired) electrons. The highest BCUT2D eigenvalue weighted by Crippen LogP contribution is 2.31. The Morgan fingerprint density at radius 1 is 1.22 bits per heavy atom. The second-order valence-electron chi connectivity index (χ2n) is 8.28. The Morgan fingerprint density at radius 2 is 1.78 bits per heavy atom. The van der Waals surface area contributed by atoms with Crippen LogP contribution in [0.1, 0.15) is 40.2 Å². The zero-order valence-corrected chi connectivity index (χ0v) is 19.6. The van der Waals surface area contributed by atoms with Crippen molar-refractivity contribution in [3.63, 3.8) is 0 Å². The highest BCUT2D eigenvalue weighted by molar-refractivity contribution is 7.90. The maximum atomic E-state index is 13.2. The van der Waals surface area contributed by atoms with Crippen molar-refractivity contribution in [1.82, 2.24) is 10.1 Å². The van der Waals surface area contributed by atoms with Crippen LogP contribution < -0.4 is 0 Å². The normalized spacial score (nSPS) is 18.9. The van der Waals surface area contributed by atoms with Gasteiger partial charge in [0.15, 0.2) is 15.4 Å². The van der Waals surface area contributed by atoms with Gasteiger partial charge in [-0.25, -0.2) is 18.2 Å². The van der Waals surface area contributed by atoms with Gasteiger partial charge in [0.25, 0.3) is 5.91 Å². The van der Waals surface area contributed by atoms with Crippen molar-refractivity contribution in [1.29, 1.82) is 0 Å². The van der Waals surface area contributed by atoms with Crippen molar-refractivity contribution in [2.45, 2.75) is 50.7 Å². The third-order valence-electron chi connectivity index (χ3n) is 4.46. The minimum atomic E-state index is -3.48. The molecule has 0 saturated carbocycles. The van der Waals surface area contributed by atoms with Crippen LogP contribution in [0.15, 0.2) is 34.3 Å². The summed E-state index contributed by atoms with van der Waals surface area (Å²) in [6.45, 7) is 7.15. The van der Waals surface area contributed by atoms with E-state index in [1.165, 1.54) is 31.2 Å². The second-order valence-corrected chi connectivity index (χ2v) is 10.3. The molecule has 2 rings (SSSR count). The topological polar surface area (TPSA) is 143 Å². The molecule has 176 valence electrons. The summed E-state index contributed by atoms with van der Waals surface area (Å²) in [5, 5.41) is 15.8. The van der Waals surface area contributed by atoms with Gasteiger partial charge in [0.1, 0.15) is 17.9 Å². The van der Waals surface area contributed by atoms with Crippen LogP contribution in [0.4, 0.5) is 4.79 Å². The molecule has 1 aliphatic heterocycles. The number of amides is 2. The first-order chi connectivity index (χ1) is 14.6. The fourth-order valence-electron chi connectivity index (χ4n) is 2.93. The number of sulfone groups is 1. The number of nitrogens with zero attached hydrogens (tertiary/aromatic N) is 3. The van der Waals surface area contributed by atoms with Crippen molar-refractivity contribution in [2.24, 2.45) is 5.10 Å². The van der Waals surface area contributed by atoms with E-state index in [2.05, 4.69) is 5.10 Å². The molecule has 1 N–H and O–H groups in total. The molecule has 11 nitrogen and oxygen atoms in total. The molecular weight excluding hydrogens is 442 g/mol. The first kappa shape index (κ1) is 25.3. The number of esters is 1. The number of carbonyl (C=O) groups is 3. The minimum Gasteiger partial charge on any atom is -0.465 e. The van der Waals surface area contributed by atoms with Gasteiger partial charge in [-0.05, 0) is 46.8 Å². The first-order valence-electron chi connectivity index (χ1n) is 9.70. The molecule has 1 aromatic rings. The molecule has 0 bridgehead atoms. The van der Waals surface area contributed by atoms with E-state index in [0.29, 0.717) is 0 Å². The highest BCUT2D eigenvalue weighted by atomic mass is 32.2. The Bertz CT molecular complexity index is 1040. The summed E-state index contributed by atoms with van der Waals surface area (Å²) in [6.07, 6.45) is -0.159. The molecule has 1 aliphatic rings. The van der Waals surface area contributed by atoms with Gasteiger partial charge in [-0.15, -0.1) is 0 Å². The van der Waals surface area contributed by atoms with Crippen LogP contribution in [-0.4, -0.2) is 77.9 Å². The van der Waals surface area contributed by atoms with Crippen LogP contribution in [0.25, 0.3) is 0 Å². The summed E-state index contributed by atoms with van der Waals surface area (Å²) in [4.78, 5) is 37.7. The van der Waals surface area contributed by atoms with Crippen molar-refractivity contribution in [3.8, 4) is 0 Å². The summed E-state index contributed by atoms with van der Waals surface area (Å²) >= 11 is 0. The lowest BCUT2D eigenvalue weighted by Crippen LogP contribution is -2.59. The number of carbonyl (C=O) groups excluding carboxylic acids is 3. The van der Waals surface area contributed by atoms with Crippen LogP contribution in [-0.2, 0) is 28.9 Å². The van der Waals surface area contributed by atoms with Gasteiger partial charge in [0.2, 0.25) is 0 Å². The fourth-order valence-corrected chi connectivity index (χ4v) is 3.56. The Morgan fingerprint density at radius 3 is 2.25 bits per heavy atom. The third kappa shape index (κ3) is 5.25. The maximum Gasteiger partial charge on any atom is 0.435 e. The van der Waals surface area contributed by atoms with Gasteiger partial charge in [-0.2, -0.15) is 10.2 Å². The third-order valence-corrected chi connectivity index (χ3v) is 5.59. The molecule has 1 unspecified atom stereocenters. The zero-order chi connectivity index (χ0) is 24.5. The lowest BCUT2D eigenvalue weighted by atomic mass is 9.90. The van der Waals surface area contributed by atoms with Crippen LogP contribution in [0.2, 0.25) is 0 Å². The van der Waals surface area contributed by atoms with Gasteiger partial charge in [0, 0.05) is 11.8 Å². The second kappa shape index (κ2) is 8.87. The number of hydrogen-bond donors (Lipinski definition) is 1. The first-order valence-corrected chi connectivity index (χ1v) is 11.6. The smallest absolute Gasteiger partial charge is 0.435 e. The van der Waals surface area contributed by atoms with Gasteiger partial charge in [-0.1, -0.05) is 12.1 Å². The maximum absolute atomic E-state index is 13.2. The molecule has 0 fully saturated rings. The molecule has 0 aromatic heterocycles. The fraction of sp³-hybridized carbons (Fsp3) is 0.500. The summed E-state index contributed by atoms with van der Waals surface area (Å²) in [5.74, 6) is -1.61. The van der Waals surface area contributed by atoms with Crippen LogP contribution in [0.5, 0.6) is 0 Å². The SMILES string of the molecule is CCOC(=O)CN1N=C(c2ccc(S(C)(=O)=O)cc2)C(C)(N(O)C(=O)OC(C)(C)C)C1=O. The Labute approximate surface area is 186 Å². The van der Waals surface area contributed by atoms with Crippen LogP contribution in [0.3, 0.4) is 0 Å². The van der Waals surface area contributed by atoms with Crippen molar-refractivity contribution in [2.75, 3.05) is 19.4 Å². The number of hydroxylamine groups is 2. The Balaban J connectivity index is 2.53. The van der Waals surface area contributed by atoms with E-state index in [4.69, 9.17) is 9.47 Å². The molecular formula is C20H27N3O8S. The van der Waals surface area contributed by atoms with E-state index in [-0.39, 0.29) is 27.8 Å². The lowest BCUT2D eigenvalue weighted by Gasteiger charge is -2.33. The quantitative estimate of drug-likeness (QED) is 0.376. The van der Waals surface area contributed by atoms with E-state index in [0.717, 1.165) is 11.3 Å². The molecule has 0 aliphatic carbocycles. The molecule has 1 aromatic carbocycles. The van der Waals surface area contributed by atoms with Crippen molar-refractivity contribution < 1.29 is 37.5 Å². The molecule has 1 atom stereocenters. The van der Waals surface area contributed by atoms with Gasteiger partial charge in [-0.3, -0.25) is 14.8 Å². The number of ether oxygens (including phenoxy) is 2. The van der Waals surface area contributed by atoms with Gasteiger partial charge >= 0.3 is 12.1 Å².